The number of halogens is 2. The second-order valence-corrected chi connectivity index (χ2v) is 5.00. The number of nitrogens with one attached hydrogen (secondary N) is 1. The van der Waals surface area contributed by atoms with Crippen molar-refractivity contribution in [2.45, 2.75) is 33.2 Å². The van der Waals surface area contributed by atoms with Crippen LogP contribution in [0, 0.1) is 25.5 Å². The van der Waals surface area contributed by atoms with Gasteiger partial charge in [0.25, 0.3) is 0 Å². The number of hydrogen-bond acceptors (Lipinski definition) is 2. The molecule has 0 aliphatic rings. The fraction of sp³-hybridized carbons (Fsp3) is 0.375. The molecular weight excluding hydrogens is 260 g/mol. The maximum absolute atomic E-state index is 14.2. The quantitative estimate of drug-likeness (QED) is 0.884. The summed E-state index contributed by atoms with van der Waals surface area (Å²) in [5.74, 6) is -0.0578. The Morgan fingerprint density at radius 1 is 1.15 bits per heavy atom. The lowest BCUT2D eigenvalue weighted by Gasteiger charge is -2.19. The maximum Gasteiger partial charge on any atom is 0.128 e. The lowest BCUT2D eigenvalue weighted by atomic mass is 9.98. The molecule has 1 aromatic heterocycles. The van der Waals surface area contributed by atoms with Crippen LogP contribution < -0.4 is 5.32 Å². The summed E-state index contributed by atoms with van der Waals surface area (Å²) in [7, 11) is 0. The first kappa shape index (κ1) is 14.7. The zero-order chi connectivity index (χ0) is 14.7. The Hall–Kier alpha value is -1.68. The molecule has 1 atom stereocenters. The first-order chi connectivity index (χ1) is 9.52. The minimum atomic E-state index is -0.406. The van der Waals surface area contributed by atoms with E-state index in [9.17, 15) is 8.78 Å². The van der Waals surface area contributed by atoms with Crippen LogP contribution in [0.3, 0.4) is 0 Å². The standard InChI is InChI=1S/C16H19F2NO/c1-4-5-19-16(12-7-11(3)20-9-12)13-8-14(17)10(2)6-15(13)18/h6-9,16,19H,4-5H2,1-3H3. The topological polar surface area (TPSA) is 25.2 Å². The van der Waals surface area contributed by atoms with Crippen LogP contribution in [-0.2, 0) is 0 Å². The minimum absolute atomic E-state index is 0.308. The van der Waals surface area contributed by atoms with Crippen LogP contribution in [0.25, 0.3) is 0 Å². The van der Waals surface area contributed by atoms with E-state index in [0.717, 1.165) is 17.7 Å². The number of aryl methyl sites for hydroxylation is 2. The fourth-order valence-electron chi connectivity index (χ4n) is 2.19. The molecule has 0 bridgehead atoms. The first-order valence-electron chi connectivity index (χ1n) is 6.77. The molecule has 2 aromatic rings. The Labute approximate surface area is 117 Å². The number of hydrogen-bond donors (Lipinski definition) is 1. The summed E-state index contributed by atoms with van der Waals surface area (Å²) in [6.07, 6.45) is 2.49. The Bertz CT molecular complexity index is 592. The molecular formula is C16H19F2NO. The second kappa shape index (κ2) is 6.18. The van der Waals surface area contributed by atoms with E-state index in [1.165, 1.54) is 12.1 Å². The van der Waals surface area contributed by atoms with E-state index in [1.54, 1.807) is 13.2 Å². The predicted molar refractivity (Wildman–Crippen MR) is 74.7 cm³/mol. The van der Waals surface area contributed by atoms with Crippen LogP contribution in [0.2, 0.25) is 0 Å². The van der Waals surface area contributed by atoms with Crippen molar-refractivity contribution < 1.29 is 13.2 Å². The Morgan fingerprint density at radius 3 is 2.50 bits per heavy atom. The number of furan rings is 1. The van der Waals surface area contributed by atoms with E-state index in [-0.39, 0.29) is 0 Å². The van der Waals surface area contributed by atoms with Crippen LogP contribution >= 0.6 is 0 Å². The molecule has 0 aliphatic carbocycles. The zero-order valence-electron chi connectivity index (χ0n) is 12.0. The summed E-state index contributed by atoms with van der Waals surface area (Å²) in [5.41, 5.74) is 1.42. The van der Waals surface area contributed by atoms with Crippen LogP contribution in [0.4, 0.5) is 8.78 Å². The molecule has 108 valence electrons. The summed E-state index contributed by atoms with van der Waals surface area (Å²) < 4.78 is 33.2. The molecule has 1 aromatic carbocycles. The van der Waals surface area contributed by atoms with Gasteiger partial charge < -0.3 is 9.73 Å². The van der Waals surface area contributed by atoms with Gasteiger partial charge in [-0.25, -0.2) is 8.78 Å². The van der Waals surface area contributed by atoms with Crippen LogP contribution in [0.15, 0.2) is 28.9 Å². The maximum atomic E-state index is 14.2. The first-order valence-corrected chi connectivity index (χ1v) is 6.77. The summed E-state index contributed by atoms with van der Waals surface area (Å²) >= 11 is 0. The molecule has 0 saturated carbocycles. The van der Waals surface area contributed by atoms with Gasteiger partial charge in [-0.15, -0.1) is 0 Å². The van der Waals surface area contributed by atoms with Gasteiger partial charge >= 0.3 is 0 Å². The Kier molecular flexibility index (Phi) is 4.55. The summed E-state index contributed by atoms with van der Waals surface area (Å²) in [6, 6.07) is 3.94. The van der Waals surface area contributed by atoms with Crippen molar-refractivity contribution in [1.29, 1.82) is 0 Å². The highest BCUT2D eigenvalue weighted by Crippen LogP contribution is 2.27. The van der Waals surface area contributed by atoms with Crippen molar-refractivity contribution in [3.63, 3.8) is 0 Å². The van der Waals surface area contributed by atoms with Crippen LogP contribution in [0.1, 0.15) is 41.8 Å². The van der Waals surface area contributed by atoms with Gasteiger partial charge in [-0.2, -0.15) is 0 Å². The van der Waals surface area contributed by atoms with Crippen molar-refractivity contribution in [1.82, 2.24) is 5.32 Å². The Balaban J connectivity index is 2.43. The fourth-order valence-corrected chi connectivity index (χ4v) is 2.19. The van der Waals surface area contributed by atoms with Crippen molar-refractivity contribution in [2.75, 3.05) is 6.54 Å². The minimum Gasteiger partial charge on any atom is -0.469 e. The third-order valence-corrected chi connectivity index (χ3v) is 3.27. The van der Waals surface area contributed by atoms with Gasteiger partial charge in [0.15, 0.2) is 0 Å². The molecule has 0 radical (unpaired) electrons. The summed E-state index contributed by atoms with van der Waals surface area (Å²) in [5, 5.41) is 3.24. The van der Waals surface area contributed by atoms with Crippen molar-refractivity contribution >= 4 is 0 Å². The average molecular weight is 279 g/mol. The van der Waals surface area contributed by atoms with Gasteiger partial charge in [-0.05, 0) is 50.6 Å². The molecule has 1 N–H and O–H groups in total. The third kappa shape index (κ3) is 3.07. The lowest BCUT2D eigenvalue weighted by molar-refractivity contribution is 0.512. The van der Waals surface area contributed by atoms with E-state index >= 15 is 0 Å². The SMILES string of the molecule is CCCNC(c1coc(C)c1)c1cc(F)c(C)cc1F. The van der Waals surface area contributed by atoms with Crippen molar-refractivity contribution in [3.05, 3.63) is 58.5 Å². The molecule has 2 rings (SSSR count). The molecule has 0 fully saturated rings. The van der Waals surface area contributed by atoms with E-state index in [0.29, 0.717) is 17.7 Å². The highest BCUT2D eigenvalue weighted by Gasteiger charge is 2.20. The van der Waals surface area contributed by atoms with Crippen LogP contribution in [0.5, 0.6) is 0 Å². The van der Waals surface area contributed by atoms with Gasteiger partial charge in [-0.3, -0.25) is 0 Å². The van der Waals surface area contributed by atoms with Gasteiger partial charge in [0.05, 0.1) is 12.3 Å². The highest BCUT2D eigenvalue weighted by molar-refractivity contribution is 5.34. The molecule has 0 amide bonds. The van der Waals surface area contributed by atoms with Gasteiger partial charge in [0.2, 0.25) is 0 Å². The molecule has 2 nitrogen and oxygen atoms in total. The van der Waals surface area contributed by atoms with E-state index in [2.05, 4.69) is 5.32 Å². The molecule has 4 heteroatoms. The molecule has 0 spiro atoms. The summed E-state index contributed by atoms with van der Waals surface area (Å²) in [4.78, 5) is 0. The highest BCUT2D eigenvalue weighted by atomic mass is 19.1. The molecule has 1 heterocycles. The van der Waals surface area contributed by atoms with Crippen LogP contribution in [-0.4, -0.2) is 6.54 Å². The molecule has 0 saturated heterocycles. The van der Waals surface area contributed by atoms with Gasteiger partial charge in [-0.1, -0.05) is 6.92 Å². The monoisotopic (exact) mass is 279 g/mol. The molecule has 1 unspecified atom stereocenters. The average Bonchev–Trinajstić information content (AvgIpc) is 2.82. The predicted octanol–water partition coefficient (Wildman–Crippen LogP) is 4.26. The van der Waals surface area contributed by atoms with Crippen molar-refractivity contribution in [2.24, 2.45) is 0 Å². The molecule has 0 aliphatic heterocycles. The van der Waals surface area contributed by atoms with Crippen molar-refractivity contribution in [3.8, 4) is 0 Å². The Morgan fingerprint density at radius 2 is 1.90 bits per heavy atom. The third-order valence-electron chi connectivity index (χ3n) is 3.27. The summed E-state index contributed by atoms with van der Waals surface area (Å²) in [6.45, 7) is 6.12. The zero-order valence-corrected chi connectivity index (χ0v) is 12.0. The van der Waals surface area contributed by atoms with E-state index in [1.807, 2.05) is 19.9 Å². The van der Waals surface area contributed by atoms with Gasteiger partial charge in [0, 0.05) is 11.1 Å². The number of rotatable bonds is 5. The molecule has 20 heavy (non-hydrogen) atoms. The number of benzene rings is 1. The lowest BCUT2D eigenvalue weighted by Crippen LogP contribution is -2.24. The van der Waals surface area contributed by atoms with Gasteiger partial charge in [0.1, 0.15) is 17.4 Å². The van der Waals surface area contributed by atoms with E-state index < -0.39 is 17.7 Å². The van der Waals surface area contributed by atoms with E-state index in [4.69, 9.17) is 4.42 Å². The second-order valence-electron chi connectivity index (χ2n) is 5.00. The normalized spacial score (nSPS) is 12.7. The largest absolute Gasteiger partial charge is 0.469 e. The smallest absolute Gasteiger partial charge is 0.128 e.